The second-order valence-electron chi connectivity index (χ2n) is 5.80. The van der Waals surface area contributed by atoms with E-state index in [0.717, 1.165) is 29.7 Å². The smallest absolute Gasteiger partial charge is 0.257 e. The summed E-state index contributed by atoms with van der Waals surface area (Å²) in [5.41, 5.74) is 5.07. The fraction of sp³-hybridized carbons (Fsp3) is 0.200. The number of anilines is 1. The Balaban J connectivity index is 1.71. The molecule has 0 aliphatic carbocycles. The van der Waals surface area contributed by atoms with Crippen LogP contribution in [-0.4, -0.2) is 10.9 Å². The molecule has 3 rings (SSSR count). The van der Waals surface area contributed by atoms with E-state index < -0.39 is 0 Å². The van der Waals surface area contributed by atoms with E-state index in [2.05, 4.69) is 41.5 Å². The van der Waals surface area contributed by atoms with Gasteiger partial charge < -0.3 is 0 Å². The van der Waals surface area contributed by atoms with Gasteiger partial charge in [-0.1, -0.05) is 55.3 Å². The zero-order valence-electron chi connectivity index (χ0n) is 13.9. The van der Waals surface area contributed by atoms with Gasteiger partial charge in [-0.25, -0.2) is 4.98 Å². The maximum absolute atomic E-state index is 12.2. The van der Waals surface area contributed by atoms with Crippen LogP contribution in [0.3, 0.4) is 0 Å². The molecule has 0 spiro atoms. The number of nitrogens with one attached hydrogen (secondary N) is 1. The molecule has 0 bridgehead atoms. The SMILES string of the molecule is CCCc1ccc(-c2csc(NC(=O)c3ccc(C)cc3)n2)cc1. The van der Waals surface area contributed by atoms with Crippen LogP contribution in [0, 0.1) is 6.92 Å². The first-order valence-corrected chi connectivity index (χ1v) is 8.96. The van der Waals surface area contributed by atoms with E-state index in [4.69, 9.17) is 0 Å². The number of aromatic nitrogens is 1. The Bertz CT molecular complexity index is 820. The van der Waals surface area contributed by atoms with Gasteiger partial charge in [0.05, 0.1) is 5.69 Å². The van der Waals surface area contributed by atoms with Crippen LogP contribution in [-0.2, 0) is 6.42 Å². The number of thiazole rings is 1. The molecule has 0 atom stereocenters. The van der Waals surface area contributed by atoms with E-state index in [0.29, 0.717) is 10.7 Å². The highest BCUT2D eigenvalue weighted by Crippen LogP contribution is 2.25. The van der Waals surface area contributed by atoms with Crippen LogP contribution in [0.4, 0.5) is 5.13 Å². The molecule has 3 aromatic rings. The van der Waals surface area contributed by atoms with Gasteiger partial charge in [-0.15, -0.1) is 11.3 Å². The third kappa shape index (κ3) is 3.89. The van der Waals surface area contributed by atoms with Gasteiger partial charge in [0, 0.05) is 16.5 Å². The van der Waals surface area contributed by atoms with Crippen molar-refractivity contribution in [1.29, 1.82) is 0 Å². The first kappa shape index (κ1) is 16.4. The monoisotopic (exact) mass is 336 g/mol. The molecule has 0 saturated heterocycles. The van der Waals surface area contributed by atoms with Crippen LogP contribution in [0.5, 0.6) is 0 Å². The average Bonchev–Trinajstić information content (AvgIpc) is 3.05. The molecular formula is C20H20N2OS. The van der Waals surface area contributed by atoms with Crippen LogP contribution in [0.1, 0.15) is 34.8 Å². The normalized spacial score (nSPS) is 10.6. The molecule has 1 aromatic heterocycles. The van der Waals surface area contributed by atoms with Crippen molar-refractivity contribution in [2.45, 2.75) is 26.7 Å². The van der Waals surface area contributed by atoms with Crippen LogP contribution < -0.4 is 5.32 Å². The van der Waals surface area contributed by atoms with Gasteiger partial charge in [-0.2, -0.15) is 0 Å². The second kappa shape index (κ2) is 7.41. The molecule has 1 amide bonds. The van der Waals surface area contributed by atoms with Gasteiger partial charge in [0.1, 0.15) is 0 Å². The van der Waals surface area contributed by atoms with E-state index in [1.165, 1.54) is 16.9 Å². The maximum atomic E-state index is 12.2. The highest BCUT2D eigenvalue weighted by molar-refractivity contribution is 7.14. The summed E-state index contributed by atoms with van der Waals surface area (Å²) in [5.74, 6) is -0.130. The highest BCUT2D eigenvalue weighted by Gasteiger charge is 2.10. The largest absolute Gasteiger partial charge is 0.298 e. The summed E-state index contributed by atoms with van der Waals surface area (Å²) in [4.78, 5) is 16.8. The molecule has 0 unspecified atom stereocenters. The molecule has 122 valence electrons. The maximum Gasteiger partial charge on any atom is 0.257 e. The molecule has 0 radical (unpaired) electrons. The lowest BCUT2D eigenvalue weighted by Crippen LogP contribution is -2.11. The third-order valence-electron chi connectivity index (χ3n) is 3.83. The van der Waals surface area contributed by atoms with Crippen molar-refractivity contribution >= 4 is 22.4 Å². The van der Waals surface area contributed by atoms with Gasteiger partial charge in [0.15, 0.2) is 5.13 Å². The Hall–Kier alpha value is -2.46. The Morgan fingerprint density at radius 1 is 1.08 bits per heavy atom. The number of nitrogens with zero attached hydrogens (tertiary/aromatic N) is 1. The van der Waals surface area contributed by atoms with Crippen molar-refractivity contribution in [3.63, 3.8) is 0 Å². The van der Waals surface area contributed by atoms with E-state index in [1.807, 2.05) is 36.6 Å². The van der Waals surface area contributed by atoms with Crippen LogP contribution in [0.15, 0.2) is 53.9 Å². The van der Waals surface area contributed by atoms with Crippen LogP contribution in [0.2, 0.25) is 0 Å². The molecule has 4 heteroatoms. The van der Waals surface area contributed by atoms with E-state index >= 15 is 0 Å². The molecule has 24 heavy (non-hydrogen) atoms. The van der Waals surface area contributed by atoms with Crippen molar-refractivity contribution in [2.24, 2.45) is 0 Å². The minimum absolute atomic E-state index is 0.130. The summed E-state index contributed by atoms with van der Waals surface area (Å²) < 4.78 is 0. The Labute approximate surface area is 146 Å². The van der Waals surface area contributed by atoms with Crippen LogP contribution in [0.25, 0.3) is 11.3 Å². The number of hydrogen-bond acceptors (Lipinski definition) is 3. The van der Waals surface area contributed by atoms with Crippen molar-refractivity contribution in [2.75, 3.05) is 5.32 Å². The quantitative estimate of drug-likeness (QED) is 0.685. The Morgan fingerprint density at radius 2 is 1.79 bits per heavy atom. The molecule has 0 aliphatic rings. The van der Waals surface area contributed by atoms with Gasteiger partial charge >= 0.3 is 0 Å². The molecular weight excluding hydrogens is 316 g/mol. The first-order chi connectivity index (χ1) is 11.7. The summed E-state index contributed by atoms with van der Waals surface area (Å²) >= 11 is 1.44. The fourth-order valence-electron chi connectivity index (χ4n) is 2.47. The molecule has 1 N–H and O–H groups in total. The van der Waals surface area contributed by atoms with E-state index in [1.54, 1.807) is 0 Å². The predicted octanol–water partition coefficient (Wildman–Crippen LogP) is 5.32. The van der Waals surface area contributed by atoms with Gasteiger partial charge in [-0.3, -0.25) is 10.1 Å². The number of aryl methyl sites for hydroxylation is 2. The van der Waals surface area contributed by atoms with Gasteiger partial charge in [-0.05, 0) is 31.0 Å². The predicted molar refractivity (Wildman–Crippen MR) is 101 cm³/mol. The number of carbonyl (C=O) groups is 1. The average molecular weight is 336 g/mol. The zero-order valence-corrected chi connectivity index (χ0v) is 14.7. The van der Waals surface area contributed by atoms with E-state index in [9.17, 15) is 4.79 Å². The van der Waals surface area contributed by atoms with Crippen molar-refractivity contribution in [1.82, 2.24) is 4.98 Å². The summed E-state index contributed by atoms with van der Waals surface area (Å²) in [6, 6.07) is 16.0. The van der Waals surface area contributed by atoms with Gasteiger partial charge in [0.25, 0.3) is 5.91 Å². The molecule has 0 aliphatic heterocycles. The number of rotatable bonds is 5. The Morgan fingerprint density at radius 3 is 2.46 bits per heavy atom. The van der Waals surface area contributed by atoms with Gasteiger partial charge in [0.2, 0.25) is 0 Å². The molecule has 3 nitrogen and oxygen atoms in total. The number of carbonyl (C=O) groups excluding carboxylic acids is 1. The summed E-state index contributed by atoms with van der Waals surface area (Å²) in [6.07, 6.45) is 2.24. The zero-order chi connectivity index (χ0) is 16.9. The number of hydrogen-bond donors (Lipinski definition) is 1. The topological polar surface area (TPSA) is 42.0 Å². The standard InChI is InChI=1S/C20H20N2OS/c1-3-4-15-7-11-16(12-8-15)18-13-24-20(21-18)22-19(23)17-9-5-14(2)6-10-17/h5-13H,3-4H2,1-2H3,(H,21,22,23). The minimum Gasteiger partial charge on any atom is -0.298 e. The fourth-order valence-corrected chi connectivity index (χ4v) is 3.18. The molecule has 1 heterocycles. The van der Waals surface area contributed by atoms with Crippen molar-refractivity contribution < 1.29 is 4.79 Å². The lowest BCUT2D eigenvalue weighted by molar-refractivity contribution is 0.102. The third-order valence-corrected chi connectivity index (χ3v) is 4.58. The number of amides is 1. The van der Waals surface area contributed by atoms with Crippen molar-refractivity contribution in [3.05, 3.63) is 70.6 Å². The molecule has 0 fully saturated rings. The van der Waals surface area contributed by atoms with Crippen LogP contribution >= 0.6 is 11.3 Å². The minimum atomic E-state index is -0.130. The summed E-state index contributed by atoms with van der Waals surface area (Å²) in [6.45, 7) is 4.18. The lowest BCUT2D eigenvalue weighted by atomic mass is 10.1. The summed E-state index contributed by atoms with van der Waals surface area (Å²) in [5, 5.41) is 5.46. The Kier molecular flexibility index (Phi) is 5.06. The second-order valence-corrected chi connectivity index (χ2v) is 6.66. The lowest BCUT2D eigenvalue weighted by Gasteiger charge is -2.02. The molecule has 2 aromatic carbocycles. The van der Waals surface area contributed by atoms with Crippen molar-refractivity contribution in [3.8, 4) is 11.3 Å². The van der Waals surface area contributed by atoms with E-state index in [-0.39, 0.29) is 5.91 Å². The molecule has 0 saturated carbocycles. The number of benzene rings is 2. The first-order valence-electron chi connectivity index (χ1n) is 8.08. The summed E-state index contributed by atoms with van der Waals surface area (Å²) in [7, 11) is 0. The highest BCUT2D eigenvalue weighted by atomic mass is 32.1.